The van der Waals surface area contributed by atoms with E-state index in [4.69, 9.17) is 8.76 Å². The van der Waals surface area contributed by atoms with Crippen molar-refractivity contribution in [3.63, 3.8) is 0 Å². The van der Waals surface area contributed by atoms with E-state index in [1.807, 2.05) is 0 Å². The van der Waals surface area contributed by atoms with E-state index in [0.29, 0.717) is 0 Å². The Kier molecular flexibility index (Phi) is 5.62. The Morgan fingerprint density at radius 2 is 1.75 bits per heavy atom. The molecule has 0 saturated carbocycles. The van der Waals surface area contributed by atoms with Gasteiger partial charge in [0.15, 0.2) is 0 Å². The lowest BCUT2D eigenvalue weighted by atomic mass is 10.1. The van der Waals surface area contributed by atoms with Crippen LogP contribution in [0.25, 0.3) is 10.8 Å². The Hall–Kier alpha value is -0.753. The van der Waals surface area contributed by atoms with E-state index in [9.17, 15) is 0 Å². The van der Waals surface area contributed by atoms with Crippen molar-refractivity contribution in [2.24, 2.45) is 0 Å². The van der Waals surface area contributed by atoms with Crippen LogP contribution in [0.15, 0.2) is 42.5 Å². The molecule has 0 radical (unpaired) electrons. The third kappa shape index (κ3) is 4.01. The smallest absolute Gasteiger partial charge is 0.00836 e. The minimum Gasteiger partial charge on any atom is -0.459 e. The molecule has 2 rings (SSSR count). The molecule has 0 amide bonds. The van der Waals surface area contributed by atoms with Crippen LogP contribution < -0.4 is 0 Å². The normalized spacial score (nSPS) is 10.1. The molecule has 16 heavy (non-hydrogen) atoms. The van der Waals surface area contributed by atoms with E-state index in [2.05, 4.69) is 53.7 Å². The maximum atomic E-state index is 8.93. The maximum Gasteiger partial charge on any atom is 0.00836 e. The predicted molar refractivity (Wildman–Crippen MR) is 75.6 cm³/mol. The van der Waals surface area contributed by atoms with E-state index in [1.54, 1.807) is 0 Å². The number of rotatable bonds is 1. The molecule has 0 spiro atoms. The van der Waals surface area contributed by atoms with Crippen LogP contribution in [0.1, 0.15) is 5.56 Å². The van der Waals surface area contributed by atoms with Gasteiger partial charge in [0.2, 0.25) is 0 Å². The van der Waals surface area contributed by atoms with Crippen molar-refractivity contribution in [1.29, 1.82) is 0 Å². The Morgan fingerprint density at radius 1 is 1.19 bits per heavy atom. The number of fused-ring (bicyclic) bond motifs is 1. The quantitative estimate of drug-likeness (QED) is 0.485. The maximum absolute atomic E-state index is 8.93. The summed E-state index contributed by atoms with van der Waals surface area (Å²) in [4.78, 5) is 0. The van der Waals surface area contributed by atoms with Gasteiger partial charge in [-0.2, -0.15) is 0 Å². The Balaban J connectivity index is 0.000000280. The van der Waals surface area contributed by atoms with Gasteiger partial charge in [0.25, 0.3) is 0 Å². The first-order valence-electron chi connectivity index (χ1n) is 4.90. The second kappa shape index (κ2) is 6.75. The van der Waals surface area contributed by atoms with E-state index >= 15 is 0 Å². The second-order valence-electron chi connectivity index (χ2n) is 3.21. The van der Waals surface area contributed by atoms with Gasteiger partial charge in [0.1, 0.15) is 0 Å². The molecule has 2 nitrogen and oxygen atoms in total. The van der Waals surface area contributed by atoms with Crippen LogP contribution in [0.4, 0.5) is 0 Å². The Bertz CT molecular complexity index is 525. The summed E-state index contributed by atoms with van der Waals surface area (Å²) in [5.41, 5.74) is 1.50. The van der Waals surface area contributed by atoms with Gasteiger partial charge in [0, 0.05) is 10.2 Å². The molecular formula is C11H13O2S2Si-. The molecule has 0 fully saturated rings. The molecule has 0 aliphatic heterocycles. The highest BCUT2D eigenvalue weighted by atomic mass is 32.8. The van der Waals surface area contributed by atoms with Crippen LogP contribution in [-0.4, -0.2) is 14.8 Å². The summed E-state index contributed by atoms with van der Waals surface area (Å²) in [6, 6.07) is 16.4. The van der Waals surface area contributed by atoms with Gasteiger partial charge < -0.3 is 8.76 Å². The van der Waals surface area contributed by atoms with Gasteiger partial charge in [-0.05, 0) is 22.4 Å². The molecular weight excluding hydrogens is 256 g/mol. The van der Waals surface area contributed by atoms with Crippen LogP contribution in [0.3, 0.4) is 0 Å². The summed E-state index contributed by atoms with van der Waals surface area (Å²) in [6.07, 6.45) is 0. The molecule has 1 N–H and O–H groups in total. The molecule has 0 aliphatic rings. The molecule has 0 saturated heterocycles. The molecule has 5 heteroatoms. The number of hydrogen-bond donors (Lipinski definition) is 1. The van der Waals surface area contributed by atoms with Crippen LogP contribution in [-0.2, 0) is 31.1 Å². The minimum atomic E-state index is -2.03. The van der Waals surface area contributed by atoms with Crippen LogP contribution in [0.2, 0.25) is 0 Å². The van der Waals surface area contributed by atoms with Crippen molar-refractivity contribution in [1.82, 2.24) is 0 Å². The molecule has 2 aromatic carbocycles. The van der Waals surface area contributed by atoms with Gasteiger partial charge in [0.05, 0.1) is 0 Å². The summed E-state index contributed by atoms with van der Waals surface area (Å²) in [7, 11) is -0.781. The van der Waals surface area contributed by atoms with Crippen LogP contribution >= 0.6 is 0 Å². The van der Waals surface area contributed by atoms with Crippen molar-refractivity contribution in [3.05, 3.63) is 48.0 Å². The average molecular weight is 269 g/mol. The summed E-state index contributed by atoms with van der Waals surface area (Å²) in [5.74, 6) is 0. The third-order valence-electron chi connectivity index (χ3n) is 2.26. The monoisotopic (exact) mass is 269 g/mol. The molecule has 0 heterocycles. The number of hydrogen-bond acceptors (Lipinski definition) is 3. The van der Waals surface area contributed by atoms with Crippen LogP contribution in [0, 0.1) is 0 Å². The van der Waals surface area contributed by atoms with Gasteiger partial charge in [-0.15, -0.1) is 0 Å². The van der Waals surface area contributed by atoms with E-state index in [-0.39, 0.29) is 0 Å². The van der Waals surface area contributed by atoms with Crippen LogP contribution in [0.5, 0.6) is 0 Å². The largest absolute Gasteiger partial charge is 0.459 e. The van der Waals surface area contributed by atoms with Crippen molar-refractivity contribution < 1.29 is 8.76 Å². The van der Waals surface area contributed by atoms with E-state index in [0.717, 1.165) is 0 Å². The van der Waals surface area contributed by atoms with Crippen molar-refractivity contribution in [3.8, 4) is 0 Å². The van der Waals surface area contributed by atoms with Crippen molar-refractivity contribution in [2.75, 3.05) is 0 Å². The lowest BCUT2D eigenvalue weighted by Gasteiger charge is -2.02. The zero-order chi connectivity index (χ0) is 12.0. The fourth-order valence-electron chi connectivity index (χ4n) is 1.60. The zero-order valence-electron chi connectivity index (χ0n) is 8.92. The highest BCUT2D eigenvalue weighted by molar-refractivity contribution is 8.18. The first kappa shape index (κ1) is 13.3. The highest BCUT2D eigenvalue weighted by Gasteiger charge is 1.95. The van der Waals surface area contributed by atoms with E-state index < -0.39 is 9.64 Å². The van der Waals surface area contributed by atoms with Crippen molar-refractivity contribution >= 4 is 41.8 Å². The first-order chi connectivity index (χ1) is 7.65. The molecule has 0 bridgehead atoms. The highest BCUT2D eigenvalue weighted by Crippen LogP contribution is 2.17. The summed E-state index contributed by atoms with van der Waals surface area (Å²) in [5, 5.41) is 2.79. The zero-order valence-corrected chi connectivity index (χ0v) is 12.6. The Labute approximate surface area is 105 Å². The fourth-order valence-corrected chi connectivity index (χ4v) is 2.22. The number of benzene rings is 2. The van der Waals surface area contributed by atoms with E-state index in [1.165, 1.54) is 32.6 Å². The van der Waals surface area contributed by atoms with Gasteiger partial charge >= 0.3 is 0 Å². The summed E-state index contributed by atoms with van der Waals surface area (Å²) in [6.45, 7) is 0. The van der Waals surface area contributed by atoms with Gasteiger partial charge in [-0.1, -0.05) is 52.1 Å². The molecule has 86 valence electrons. The molecule has 0 aromatic heterocycles. The second-order valence-corrected chi connectivity index (χ2v) is 5.21. The topological polar surface area (TPSA) is 37.3 Å². The first-order valence-corrected chi connectivity index (χ1v) is 8.34. The third-order valence-corrected chi connectivity index (χ3v) is 3.02. The average Bonchev–Trinajstić information content (AvgIpc) is 2.27. The lowest BCUT2D eigenvalue weighted by molar-refractivity contribution is 0.536. The Morgan fingerprint density at radius 3 is 2.38 bits per heavy atom. The van der Waals surface area contributed by atoms with Crippen molar-refractivity contribution in [2.45, 2.75) is 6.04 Å². The van der Waals surface area contributed by atoms with Gasteiger partial charge in [-0.3, -0.25) is 0 Å². The van der Waals surface area contributed by atoms with Gasteiger partial charge in [-0.25, -0.2) is 11.2 Å². The molecule has 2 aromatic rings. The summed E-state index contributed by atoms with van der Waals surface area (Å²) >= 11 is 3.65. The molecule has 0 atom stereocenters. The fraction of sp³-hybridized carbons (Fsp3) is 0.0909. The summed E-state index contributed by atoms with van der Waals surface area (Å²) < 4.78 is 16.3. The minimum absolute atomic E-state index is 1.25. The molecule has 0 aliphatic carbocycles. The molecule has 0 unspecified atom stereocenters. The lowest BCUT2D eigenvalue weighted by Crippen LogP contribution is -1.84. The SMILES string of the molecule is O=[S-](O)=S.[SiH3]Cc1cccc2ccccc12. The standard InChI is InChI=1S/C11H12Si.HO2S2/c12-8-10-6-3-5-9-4-1-2-7-11(9)10;1-4(2)3/h1-7H,8H2,12H3;(H,1,2,3)/q;-1. The predicted octanol–water partition coefficient (Wildman–Crippen LogP) is 1.59.